The van der Waals surface area contributed by atoms with Crippen molar-refractivity contribution in [1.29, 1.82) is 0 Å². The van der Waals surface area contributed by atoms with Gasteiger partial charge in [0.2, 0.25) is 0 Å². The van der Waals surface area contributed by atoms with Crippen molar-refractivity contribution in [2.24, 2.45) is 0 Å². The minimum Gasteiger partial charge on any atom is -0.462 e. The van der Waals surface area contributed by atoms with Gasteiger partial charge in [0, 0.05) is 12.1 Å². The molecule has 2 rings (SSSR count). The van der Waals surface area contributed by atoms with Crippen molar-refractivity contribution >= 4 is 11.8 Å². The lowest BCUT2D eigenvalue weighted by Crippen LogP contribution is -2.10. The molecule has 1 aromatic heterocycles. The van der Waals surface area contributed by atoms with Gasteiger partial charge in [-0.1, -0.05) is 0 Å². The van der Waals surface area contributed by atoms with Crippen LogP contribution in [0, 0.1) is 17.5 Å². The second kappa shape index (κ2) is 5.24. The maximum absolute atomic E-state index is 13.6. The zero-order valence-electron chi connectivity index (χ0n) is 10.4. The molecule has 0 unspecified atom stereocenters. The summed E-state index contributed by atoms with van der Waals surface area (Å²) < 4.78 is 45.1. The number of nitrogen functional groups attached to an aromatic ring is 1. The lowest BCUT2D eigenvalue weighted by Gasteiger charge is -2.07. The smallest absolute Gasteiger partial charge is 0.343 e. The molecule has 8 heteroatoms. The van der Waals surface area contributed by atoms with Crippen LogP contribution in [0.5, 0.6) is 0 Å². The van der Waals surface area contributed by atoms with Crippen molar-refractivity contribution in [3.05, 3.63) is 41.3 Å². The Bertz CT molecular complexity index is 670. The van der Waals surface area contributed by atoms with Crippen molar-refractivity contribution in [1.82, 2.24) is 9.78 Å². The van der Waals surface area contributed by atoms with Gasteiger partial charge in [0.1, 0.15) is 17.1 Å². The molecular formula is C12H10F3N3O2. The van der Waals surface area contributed by atoms with E-state index in [1.165, 1.54) is 0 Å². The van der Waals surface area contributed by atoms with E-state index in [9.17, 15) is 18.0 Å². The van der Waals surface area contributed by atoms with Crippen LogP contribution in [-0.2, 0) is 4.74 Å². The Morgan fingerprint density at radius 3 is 2.60 bits per heavy atom. The Balaban J connectivity index is 2.50. The van der Waals surface area contributed by atoms with Crippen molar-refractivity contribution in [2.75, 3.05) is 12.3 Å². The Morgan fingerprint density at radius 1 is 1.30 bits per heavy atom. The summed E-state index contributed by atoms with van der Waals surface area (Å²) in [6.45, 7) is 1.73. The quantitative estimate of drug-likeness (QED) is 0.692. The van der Waals surface area contributed by atoms with Crippen molar-refractivity contribution < 1.29 is 22.7 Å². The second-order valence-electron chi connectivity index (χ2n) is 3.79. The first kappa shape index (κ1) is 13.9. The Kier molecular flexibility index (Phi) is 3.64. The van der Waals surface area contributed by atoms with Crippen LogP contribution in [-0.4, -0.2) is 22.4 Å². The SMILES string of the molecule is CCOC(=O)c1cnn(-c2cc(F)c(F)cc2F)c1N. The number of anilines is 1. The number of benzene rings is 1. The zero-order valence-corrected chi connectivity index (χ0v) is 10.4. The van der Waals surface area contributed by atoms with E-state index in [0.717, 1.165) is 10.9 Å². The first-order valence-corrected chi connectivity index (χ1v) is 5.61. The summed E-state index contributed by atoms with van der Waals surface area (Å²) >= 11 is 0. The molecule has 0 saturated carbocycles. The first-order valence-electron chi connectivity index (χ1n) is 5.61. The van der Waals surface area contributed by atoms with Gasteiger partial charge in [0.05, 0.1) is 12.8 Å². The summed E-state index contributed by atoms with van der Waals surface area (Å²) in [7, 11) is 0. The molecule has 1 heterocycles. The lowest BCUT2D eigenvalue weighted by molar-refractivity contribution is 0.0527. The van der Waals surface area contributed by atoms with Gasteiger partial charge in [-0.2, -0.15) is 5.10 Å². The van der Waals surface area contributed by atoms with Crippen LogP contribution >= 0.6 is 0 Å². The highest BCUT2D eigenvalue weighted by atomic mass is 19.2. The highest BCUT2D eigenvalue weighted by molar-refractivity contribution is 5.94. The fourth-order valence-electron chi connectivity index (χ4n) is 1.59. The van der Waals surface area contributed by atoms with Gasteiger partial charge in [-0.05, 0) is 6.92 Å². The van der Waals surface area contributed by atoms with Crippen LogP contribution in [0.25, 0.3) is 5.69 Å². The van der Waals surface area contributed by atoms with Gasteiger partial charge in [0.25, 0.3) is 0 Å². The number of nitrogens with zero attached hydrogens (tertiary/aromatic N) is 2. The number of carbonyl (C=O) groups excluding carboxylic acids is 1. The van der Waals surface area contributed by atoms with E-state index in [2.05, 4.69) is 5.10 Å². The Morgan fingerprint density at radius 2 is 1.95 bits per heavy atom. The van der Waals surface area contributed by atoms with Crippen molar-refractivity contribution in [3.8, 4) is 5.69 Å². The second-order valence-corrected chi connectivity index (χ2v) is 3.79. The molecule has 0 aliphatic carbocycles. The fraction of sp³-hybridized carbons (Fsp3) is 0.167. The minimum atomic E-state index is -1.33. The Labute approximate surface area is 111 Å². The Hall–Kier alpha value is -2.51. The molecule has 1 aromatic carbocycles. The summed E-state index contributed by atoms with van der Waals surface area (Å²) in [5.74, 6) is -4.61. The van der Waals surface area contributed by atoms with Crippen LogP contribution in [0.2, 0.25) is 0 Å². The standard InChI is InChI=1S/C12H10F3N3O2/c1-2-20-12(19)6-5-17-18(11(6)16)10-4-8(14)7(13)3-9(10)15/h3-5H,2,16H2,1H3. The van der Waals surface area contributed by atoms with Crippen LogP contribution in [0.4, 0.5) is 19.0 Å². The molecule has 2 N–H and O–H groups in total. The summed E-state index contributed by atoms with van der Waals surface area (Å²) in [6.07, 6.45) is 1.06. The highest BCUT2D eigenvalue weighted by Crippen LogP contribution is 2.22. The number of nitrogens with two attached hydrogens (primary N) is 1. The van der Waals surface area contributed by atoms with Gasteiger partial charge in [-0.3, -0.25) is 0 Å². The third-order valence-corrected chi connectivity index (χ3v) is 2.52. The molecule has 0 aliphatic heterocycles. The van der Waals surface area contributed by atoms with E-state index < -0.39 is 29.1 Å². The highest BCUT2D eigenvalue weighted by Gasteiger charge is 2.20. The molecular weight excluding hydrogens is 275 g/mol. The van der Waals surface area contributed by atoms with Gasteiger partial charge >= 0.3 is 5.97 Å². The van der Waals surface area contributed by atoms with E-state index in [4.69, 9.17) is 10.5 Å². The predicted molar refractivity (Wildman–Crippen MR) is 63.8 cm³/mol. The average Bonchev–Trinajstić information content (AvgIpc) is 2.76. The molecule has 0 amide bonds. The van der Waals surface area contributed by atoms with Crippen molar-refractivity contribution in [3.63, 3.8) is 0 Å². The van der Waals surface area contributed by atoms with Crippen LogP contribution in [0.3, 0.4) is 0 Å². The van der Waals surface area contributed by atoms with Crippen LogP contribution in [0.15, 0.2) is 18.3 Å². The number of esters is 1. The summed E-state index contributed by atoms with van der Waals surface area (Å²) in [5.41, 5.74) is 5.15. The summed E-state index contributed by atoms with van der Waals surface area (Å²) in [5, 5.41) is 3.68. The summed E-state index contributed by atoms with van der Waals surface area (Å²) in [6, 6.07) is 0.971. The van der Waals surface area contributed by atoms with E-state index >= 15 is 0 Å². The van der Waals surface area contributed by atoms with Crippen LogP contribution < -0.4 is 5.73 Å². The van der Waals surface area contributed by atoms with Gasteiger partial charge in [-0.15, -0.1) is 0 Å². The number of ether oxygens (including phenoxy) is 1. The first-order chi connectivity index (χ1) is 9.45. The summed E-state index contributed by atoms with van der Waals surface area (Å²) in [4.78, 5) is 11.5. The van der Waals surface area contributed by atoms with Gasteiger partial charge in [0.15, 0.2) is 17.5 Å². The molecule has 106 valence electrons. The molecule has 0 spiro atoms. The van der Waals surface area contributed by atoms with E-state index in [0.29, 0.717) is 12.1 Å². The maximum Gasteiger partial charge on any atom is 0.343 e. The molecule has 0 bridgehead atoms. The number of rotatable bonds is 3. The zero-order chi connectivity index (χ0) is 14.9. The number of hydrogen-bond donors (Lipinski definition) is 1. The van der Waals surface area contributed by atoms with Gasteiger partial charge in [-0.25, -0.2) is 22.6 Å². The topological polar surface area (TPSA) is 70.1 Å². The minimum absolute atomic E-state index is 0.0871. The van der Waals surface area contributed by atoms with E-state index in [1.807, 2.05) is 0 Å². The van der Waals surface area contributed by atoms with Crippen LogP contribution in [0.1, 0.15) is 17.3 Å². The van der Waals surface area contributed by atoms with Gasteiger partial charge < -0.3 is 10.5 Å². The number of halogens is 3. The van der Waals surface area contributed by atoms with E-state index in [1.54, 1.807) is 6.92 Å². The molecule has 0 aliphatic rings. The number of carbonyl (C=O) groups is 1. The number of aromatic nitrogens is 2. The molecule has 0 atom stereocenters. The molecule has 2 aromatic rings. The molecule has 20 heavy (non-hydrogen) atoms. The maximum atomic E-state index is 13.6. The lowest BCUT2D eigenvalue weighted by atomic mass is 10.2. The predicted octanol–water partition coefficient (Wildman–Crippen LogP) is 2.05. The average molecular weight is 285 g/mol. The third kappa shape index (κ3) is 2.31. The fourth-order valence-corrected chi connectivity index (χ4v) is 1.59. The molecule has 0 fully saturated rings. The number of hydrogen-bond acceptors (Lipinski definition) is 4. The van der Waals surface area contributed by atoms with Crippen molar-refractivity contribution in [2.45, 2.75) is 6.92 Å². The van der Waals surface area contributed by atoms with E-state index in [-0.39, 0.29) is 18.0 Å². The molecule has 0 radical (unpaired) electrons. The monoisotopic (exact) mass is 285 g/mol. The normalized spacial score (nSPS) is 10.6. The largest absolute Gasteiger partial charge is 0.462 e. The molecule has 5 nitrogen and oxygen atoms in total. The molecule has 0 saturated heterocycles. The third-order valence-electron chi connectivity index (χ3n) is 2.52.